The molecule has 0 atom stereocenters. The molecular formula is C20H27N5O. The Hall–Kier alpha value is -2.21. The Morgan fingerprint density at radius 3 is 2.62 bits per heavy atom. The molecule has 2 aromatic rings. The summed E-state index contributed by atoms with van der Waals surface area (Å²) in [6.45, 7) is 9.30. The summed E-state index contributed by atoms with van der Waals surface area (Å²) in [5.74, 6) is 2.81. The maximum absolute atomic E-state index is 11.5. The standard InChI is InChI=1S/C20H27N5O/c1-15-5-3-4-6-18(15)13-23-11-12-25-19(14-23)21-22-20(25)17-7-9-24(10-8-17)16(2)26/h3-6,17H,7-14H2,1-2H3. The number of hydrogen-bond acceptors (Lipinski definition) is 4. The first kappa shape index (κ1) is 17.2. The van der Waals surface area contributed by atoms with E-state index in [0.29, 0.717) is 5.92 Å². The number of aromatic nitrogens is 3. The minimum Gasteiger partial charge on any atom is -0.343 e. The van der Waals surface area contributed by atoms with E-state index >= 15 is 0 Å². The monoisotopic (exact) mass is 353 g/mol. The van der Waals surface area contributed by atoms with E-state index in [1.165, 1.54) is 11.1 Å². The van der Waals surface area contributed by atoms with Gasteiger partial charge in [-0.15, -0.1) is 10.2 Å². The molecule has 1 aromatic heterocycles. The van der Waals surface area contributed by atoms with Gasteiger partial charge in [-0.1, -0.05) is 24.3 Å². The van der Waals surface area contributed by atoms with Gasteiger partial charge in [0, 0.05) is 45.6 Å². The average Bonchev–Trinajstić information content (AvgIpc) is 3.07. The summed E-state index contributed by atoms with van der Waals surface area (Å²) in [6.07, 6.45) is 1.98. The van der Waals surface area contributed by atoms with Gasteiger partial charge in [-0.3, -0.25) is 9.69 Å². The quantitative estimate of drug-likeness (QED) is 0.850. The molecule has 3 heterocycles. The van der Waals surface area contributed by atoms with Crippen molar-refractivity contribution in [3.63, 3.8) is 0 Å². The molecule has 26 heavy (non-hydrogen) atoms. The fourth-order valence-electron chi connectivity index (χ4n) is 4.15. The molecule has 0 aliphatic carbocycles. The largest absolute Gasteiger partial charge is 0.343 e. The van der Waals surface area contributed by atoms with Crippen LogP contribution in [0.5, 0.6) is 0 Å². The zero-order chi connectivity index (χ0) is 18.1. The van der Waals surface area contributed by atoms with E-state index in [2.05, 4.69) is 50.9 Å². The smallest absolute Gasteiger partial charge is 0.219 e. The van der Waals surface area contributed by atoms with Gasteiger partial charge in [0.15, 0.2) is 0 Å². The number of piperidine rings is 1. The van der Waals surface area contributed by atoms with Crippen LogP contribution in [0.2, 0.25) is 0 Å². The number of amides is 1. The number of likely N-dealkylation sites (tertiary alicyclic amines) is 1. The number of rotatable bonds is 3. The molecule has 0 unspecified atom stereocenters. The van der Waals surface area contributed by atoms with Gasteiger partial charge in [-0.25, -0.2) is 0 Å². The van der Waals surface area contributed by atoms with Gasteiger partial charge in [0.25, 0.3) is 0 Å². The number of nitrogens with zero attached hydrogens (tertiary/aromatic N) is 5. The van der Waals surface area contributed by atoms with E-state index in [1.54, 1.807) is 6.92 Å². The van der Waals surface area contributed by atoms with Crippen LogP contribution >= 0.6 is 0 Å². The predicted molar refractivity (Wildman–Crippen MR) is 99.5 cm³/mol. The second-order valence-electron chi connectivity index (χ2n) is 7.54. The molecule has 138 valence electrons. The van der Waals surface area contributed by atoms with Crippen molar-refractivity contribution in [3.05, 3.63) is 47.0 Å². The van der Waals surface area contributed by atoms with Crippen LogP contribution in [-0.4, -0.2) is 50.1 Å². The van der Waals surface area contributed by atoms with Crippen LogP contribution in [-0.2, 0) is 24.4 Å². The molecule has 0 N–H and O–H groups in total. The number of carbonyl (C=O) groups is 1. The topological polar surface area (TPSA) is 54.3 Å². The van der Waals surface area contributed by atoms with E-state index in [4.69, 9.17) is 0 Å². The highest BCUT2D eigenvalue weighted by molar-refractivity contribution is 5.73. The van der Waals surface area contributed by atoms with Gasteiger partial charge in [0.2, 0.25) is 5.91 Å². The Morgan fingerprint density at radius 2 is 1.88 bits per heavy atom. The van der Waals surface area contributed by atoms with Crippen molar-refractivity contribution in [2.75, 3.05) is 19.6 Å². The fraction of sp³-hybridized carbons (Fsp3) is 0.550. The molecule has 0 bridgehead atoms. The van der Waals surface area contributed by atoms with Gasteiger partial charge >= 0.3 is 0 Å². The van der Waals surface area contributed by atoms with Crippen molar-refractivity contribution in [2.45, 2.75) is 52.2 Å². The third-order valence-corrected chi connectivity index (χ3v) is 5.82. The summed E-state index contributed by atoms with van der Waals surface area (Å²) < 4.78 is 2.32. The van der Waals surface area contributed by atoms with Crippen molar-refractivity contribution >= 4 is 5.91 Å². The zero-order valence-electron chi connectivity index (χ0n) is 15.7. The maximum atomic E-state index is 11.5. The molecule has 2 aliphatic rings. The van der Waals surface area contributed by atoms with Gasteiger partial charge in [-0.05, 0) is 30.9 Å². The SMILES string of the molecule is CC(=O)N1CCC(c2nnc3n2CCN(Cc2ccccc2C)C3)CC1. The first-order chi connectivity index (χ1) is 12.6. The van der Waals surface area contributed by atoms with E-state index < -0.39 is 0 Å². The molecule has 1 saturated heterocycles. The van der Waals surface area contributed by atoms with Crippen LogP contribution in [0.4, 0.5) is 0 Å². The average molecular weight is 353 g/mol. The lowest BCUT2D eigenvalue weighted by atomic mass is 9.95. The zero-order valence-corrected chi connectivity index (χ0v) is 15.7. The van der Waals surface area contributed by atoms with Gasteiger partial charge < -0.3 is 9.47 Å². The van der Waals surface area contributed by atoms with Crippen molar-refractivity contribution in [1.82, 2.24) is 24.6 Å². The first-order valence-electron chi connectivity index (χ1n) is 9.56. The summed E-state index contributed by atoms with van der Waals surface area (Å²) in [5, 5.41) is 9.02. The predicted octanol–water partition coefficient (Wildman–Crippen LogP) is 2.33. The Balaban J connectivity index is 1.43. The molecule has 1 aromatic carbocycles. The molecule has 0 saturated carbocycles. The van der Waals surface area contributed by atoms with Crippen LogP contribution < -0.4 is 0 Å². The molecule has 0 spiro atoms. The first-order valence-corrected chi connectivity index (χ1v) is 9.56. The highest BCUT2D eigenvalue weighted by Gasteiger charge is 2.29. The summed E-state index contributed by atoms with van der Waals surface area (Å²) in [6, 6.07) is 8.59. The van der Waals surface area contributed by atoms with Crippen molar-refractivity contribution < 1.29 is 4.79 Å². The fourth-order valence-corrected chi connectivity index (χ4v) is 4.15. The van der Waals surface area contributed by atoms with E-state index in [0.717, 1.165) is 63.8 Å². The summed E-state index contributed by atoms with van der Waals surface area (Å²) in [4.78, 5) is 15.9. The molecule has 1 amide bonds. The van der Waals surface area contributed by atoms with Gasteiger partial charge in [0.1, 0.15) is 11.6 Å². The van der Waals surface area contributed by atoms with Crippen molar-refractivity contribution in [2.24, 2.45) is 0 Å². The molecule has 2 aliphatic heterocycles. The van der Waals surface area contributed by atoms with Crippen molar-refractivity contribution in [3.8, 4) is 0 Å². The van der Waals surface area contributed by atoms with Gasteiger partial charge in [0.05, 0.1) is 6.54 Å². The minimum absolute atomic E-state index is 0.179. The lowest BCUT2D eigenvalue weighted by Crippen LogP contribution is -2.38. The van der Waals surface area contributed by atoms with Crippen LogP contribution in [0, 0.1) is 6.92 Å². The lowest BCUT2D eigenvalue weighted by molar-refractivity contribution is -0.129. The minimum atomic E-state index is 0.179. The molecule has 6 nitrogen and oxygen atoms in total. The molecule has 0 radical (unpaired) electrons. The van der Waals surface area contributed by atoms with E-state index in [9.17, 15) is 4.79 Å². The maximum Gasteiger partial charge on any atom is 0.219 e. The highest BCUT2D eigenvalue weighted by atomic mass is 16.2. The lowest BCUT2D eigenvalue weighted by Gasteiger charge is -2.32. The number of hydrogen-bond donors (Lipinski definition) is 0. The Kier molecular flexibility index (Phi) is 4.76. The summed E-state index contributed by atoms with van der Waals surface area (Å²) in [5.41, 5.74) is 2.73. The van der Waals surface area contributed by atoms with E-state index in [1.807, 2.05) is 4.90 Å². The summed E-state index contributed by atoms with van der Waals surface area (Å²) in [7, 11) is 0. The third kappa shape index (κ3) is 3.38. The van der Waals surface area contributed by atoms with E-state index in [-0.39, 0.29) is 5.91 Å². The second kappa shape index (κ2) is 7.19. The van der Waals surface area contributed by atoms with Gasteiger partial charge in [-0.2, -0.15) is 0 Å². The molecule has 4 rings (SSSR count). The van der Waals surface area contributed by atoms with Crippen LogP contribution in [0.15, 0.2) is 24.3 Å². The molecular weight excluding hydrogens is 326 g/mol. The molecule has 6 heteroatoms. The van der Waals surface area contributed by atoms with Crippen molar-refractivity contribution in [1.29, 1.82) is 0 Å². The number of fused-ring (bicyclic) bond motifs is 1. The summed E-state index contributed by atoms with van der Waals surface area (Å²) >= 11 is 0. The number of benzene rings is 1. The number of carbonyl (C=O) groups excluding carboxylic acids is 1. The highest BCUT2D eigenvalue weighted by Crippen LogP contribution is 2.29. The number of aryl methyl sites for hydroxylation is 1. The van der Waals surface area contributed by atoms with Crippen LogP contribution in [0.3, 0.4) is 0 Å². The Bertz CT molecular complexity index is 791. The van der Waals surface area contributed by atoms with Crippen LogP contribution in [0.25, 0.3) is 0 Å². The molecule has 1 fully saturated rings. The third-order valence-electron chi connectivity index (χ3n) is 5.82. The normalized spacial score (nSPS) is 18.8. The van der Waals surface area contributed by atoms with Crippen LogP contribution in [0.1, 0.15) is 48.5 Å². The Morgan fingerprint density at radius 1 is 1.12 bits per heavy atom. The second-order valence-corrected chi connectivity index (χ2v) is 7.54. The Labute approximate surface area is 154 Å².